The third-order valence-corrected chi connectivity index (χ3v) is 3.84. The molecule has 0 heterocycles. The van der Waals surface area contributed by atoms with Crippen molar-refractivity contribution in [1.29, 1.82) is 0 Å². The van der Waals surface area contributed by atoms with Crippen molar-refractivity contribution in [3.63, 3.8) is 0 Å². The largest absolute Gasteiger partial charge is 0.333 e. The summed E-state index contributed by atoms with van der Waals surface area (Å²) < 4.78 is 25.6. The highest BCUT2D eigenvalue weighted by atomic mass is 35.5. The van der Waals surface area contributed by atoms with Crippen LogP contribution in [-0.2, 0) is 4.79 Å². The van der Waals surface area contributed by atoms with E-state index in [4.69, 9.17) is 11.6 Å². The van der Waals surface area contributed by atoms with Crippen LogP contribution in [0, 0.1) is 0 Å². The van der Waals surface area contributed by atoms with Gasteiger partial charge in [0.15, 0.2) is 0 Å². The lowest BCUT2D eigenvalue weighted by Crippen LogP contribution is -2.32. The van der Waals surface area contributed by atoms with E-state index in [1.165, 1.54) is 19.2 Å². The Balaban J connectivity index is 0.00000352. The Morgan fingerprint density at radius 1 is 1.29 bits per heavy atom. The molecule has 154 valence electrons. The molecule has 0 amide bonds. The Morgan fingerprint density at radius 2 is 1.89 bits per heavy atom. The van der Waals surface area contributed by atoms with Gasteiger partial charge in [0.25, 0.3) is 0 Å². The van der Waals surface area contributed by atoms with E-state index in [1.807, 2.05) is 6.92 Å². The zero-order chi connectivity index (χ0) is 21.5. The minimum Gasteiger partial charge on any atom is -0.333 e. The maximum Gasteiger partial charge on any atom is 0.242 e. The summed E-state index contributed by atoms with van der Waals surface area (Å²) in [4.78, 5) is 10.9. The van der Waals surface area contributed by atoms with Gasteiger partial charge in [0.05, 0.1) is 5.70 Å². The summed E-state index contributed by atoms with van der Waals surface area (Å²) in [6.45, 7) is 5.51. The molecule has 1 aromatic carbocycles. The van der Waals surface area contributed by atoms with Gasteiger partial charge < -0.3 is 5.73 Å². The van der Waals surface area contributed by atoms with Gasteiger partial charge in [0.2, 0.25) is 6.43 Å². The average Bonchev–Trinajstić information content (AvgIpc) is 2.71. The molecular weight excluding hydrogens is 384 g/mol. The van der Waals surface area contributed by atoms with Gasteiger partial charge in [-0.1, -0.05) is 49.4 Å². The summed E-state index contributed by atoms with van der Waals surface area (Å²) in [5.74, 6) is 0. The number of hydrazine groups is 1. The zero-order valence-corrected chi connectivity index (χ0v) is 17.2. The molecule has 0 aliphatic carbocycles. The highest BCUT2D eigenvalue weighted by molar-refractivity contribution is 6.30. The first kappa shape index (κ1) is 25.7. The number of halogens is 3. The van der Waals surface area contributed by atoms with Crippen LogP contribution in [0.2, 0.25) is 5.02 Å². The van der Waals surface area contributed by atoms with Gasteiger partial charge in [-0.15, -0.1) is 0 Å². The van der Waals surface area contributed by atoms with E-state index in [2.05, 4.69) is 17.7 Å². The smallest absolute Gasteiger partial charge is 0.242 e. The molecule has 1 aromatic rings. The van der Waals surface area contributed by atoms with E-state index in [0.717, 1.165) is 11.3 Å². The molecule has 0 saturated carbocycles. The van der Waals surface area contributed by atoms with Crippen molar-refractivity contribution in [3.8, 4) is 0 Å². The second-order valence-electron chi connectivity index (χ2n) is 5.28. The number of aldehydes is 1. The quantitative estimate of drug-likeness (QED) is 0.247. The molecule has 0 radical (unpaired) electrons. The number of benzene rings is 1. The van der Waals surface area contributed by atoms with E-state index in [1.54, 1.807) is 48.5 Å². The number of nitrogens with two attached hydrogens (primary N) is 1. The van der Waals surface area contributed by atoms with Gasteiger partial charge in [-0.05, 0) is 43.3 Å². The predicted octanol–water partition coefficient (Wildman–Crippen LogP) is 4.95. The van der Waals surface area contributed by atoms with E-state index in [-0.39, 0.29) is 6.42 Å². The van der Waals surface area contributed by atoms with Gasteiger partial charge in [0.1, 0.15) is 6.29 Å². The van der Waals surface area contributed by atoms with E-state index >= 15 is 0 Å². The Bertz CT molecular complexity index is 688. The molecule has 0 aliphatic rings. The van der Waals surface area contributed by atoms with Gasteiger partial charge in [-0.2, -0.15) is 0 Å². The Morgan fingerprint density at radius 3 is 2.32 bits per heavy atom. The van der Waals surface area contributed by atoms with Crippen LogP contribution in [0.4, 0.5) is 8.78 Å². The molecule has 0 aliphatic heterocycles. The summed E-state index contributed by atoms with van der Waals surface area (Å²) in [5, 5.41) is 2.28. The summed E-state index contributed by atoms with van der Waals surface area (Å²) in [5.41, 5.74) is 10.1. The van der Waals surface area contributed by atoms with Crippen molar-refractivity contribution in [2.45, 2.75) is 26.2 Å². The molecule has 1 rings (SSSR count). The summed E-state index contributed by atoms with van der Waals surface area (Å²) in [6, 6.07) is 6.96. The molecular formula is C21H28ClF2N3O. The Kier molecular flexibility index (Phi) is 13.5. The Hall–Kier alpha value is -2.28. The van der Waals surface area contributed by atoms with Crippen molar-refractivity contribution >= 4 is 23.6 Å². The maximum absolute atomic E-state index is 12.8. The van der Waals surface area contributed by atoms with Gasteiger partial charge in [-0.3, -0.25) is 9.80 Å². The molecule has 0 aromatic heterocycles. The van der Waals surface area contributed by atoms with Gasteiger partial charge in [0, 0.05) is 29.8 Å². The molecule has 28 heavy (non-hydrogen) atoms. The maximum atomic E-state index is 12.8. The monoisotopic (exact) mass is 411 g/mol. The highest BCUT2D eigenvalue weighted by Gasteiger charge is 2.15. The lowest BCUT2D eigenvalue weighted by Gasteiger charge is -2.29. The molecule has 0 saturated heterocycles. The zero-order valence-electron chi connectivity index (χ0n) is 16.5. The number of carbonyl (C=O) groups excluding carboxylic acids is 1. The molecule has 0 atom stereocenters. The normalized spacial score (nSPS) is 12.4. The van der Waals surface area contributed by atoms with Crippen LogP contribution < -0.4 is 11.2 Å². The minimum atomic E-state index is -2.45. The summed E-state index contributed by atoms with van der Waals surface area (Å²) in [7, 11) is 3.20. The van der Waals surface area contributed by atoms with Crippen LogP contribution in [0.1, 0.15) is 25.3 Å². The molecule has 0 fully saturated rings. The van der Waals surface area contributed by atoms with Gasteiger partial charge >= 0.3 is 0 Å². The first-order chi connectivity index (χ1) is 13.5. The first-order valence-corrected chi connectivity index (χ1v) is 9.12. The van der Waals surface area contributed by atoms with Crippen molar-refractivity contribution in [1.82, 2.24) is 10.4 Å². The Labute approximate surface area is 171 Å². The predicted molar refractivity (Wildman–Crippen MR) is 114 cm³/mol. The number of carbonyl (C=O) groups is 1. The molecule has 0 spiro atoms. The number of hydrogen-bond donors (Lipinski definition) is 2. The van der Waals surface area contributed by atoms with Crippen molar-refractivity contribution in [2.24, 2.45) is 5.73 Å². The number of hydrogen-bond acceptors (Lipinski definition) is 4. The number of rotatable bonds is 10. The third kappa shape index (κ3) is 8.61. The van der Waals surface area contributed by atoms with Crippen LogP contribution in [0.25, 0.3) is 5.70 Å². The second-order valence-corrected chi connectivity index (χ2v) is 5.72. The number of nitrogens with zero attached hydrogens (tertiary/aromatic N) is 1. The lowest BCUT2D eigenvalue weighted by molar-refractivity contribution is -0.104. The fourth-order valence-corrected chi connectivity index (χ4v) is 2.40. The van der Waals surface area contributed by atoms with Crippen LogP contribution in [0.3, 0.4) is 0 Å². The van der Waals surface area contributed by atoms with E-state index in [9.17, 15) is 13.6 Å². The van der Waals surface area contributed by atoms with E-state index < -0.39 is 6.43 Å². The van der Waals surface area contributed by atoms with Crippen molar-refractivity contribution in [2.75, 3.05) is 14.1 Å². The highest BCUT2D eigenvalue weighted by Crippen LogP contribution is 2.26. The van der Waals surface area contributed by atoms with Crippen LogP contribution in [0.15, 0.2) is 66.4 Å². The molecule has 0 unspecified atom stereocenters. The standard InChI is InChI=1S/C20H23ClF2N2O.CH5N/c1-4-15(14-26)6-11-18(5-2)25(24-3)19(12-13-20(22)23)16-7-9-17(21)10-8-16;1-2/h4,6-12,14,20,24H,1,5,13H2,2-3H3;2H2,1H3/b15-6+,18-11+,19-12-;. The number of nitrogens with one attached hydrogen (secondary N) is 1. The topological polar surface area (TPSA) is 58.4 Å². The van der Waals surface area contributed by atoms with Crippen LogP contribution in [-0.4, -0.2) is 31.8 Å². The lowest BCUT2D eigenvalue weighted by atomic mass is 10.1. The fraction of sp³-hybridized carbons (Fsp3) is 0.286. The van der Waals surface area contributed by atoms with Crippen molar-refractivity contribution < 1.29 is 13.6 Å². The van der Waals surface area contributed by atoms with Crippen LogP contribution in [0.5, 0.6) is 0 Å². The van der Waals surface area contributed by atoms with Crippen molar-refractivity contribution in [3.05, 3.63) is 77.0 Å². The third-order valence-electron chi connectivity index (χ3n) is 3.58. The van der Waals surface area contributed by atoms with Crippen LogP contribution >= 0.6 is 11.6 Å². The minimum absolute atomic E-state index is 0.380. The molecule has 7 heteroatoms. The fourth-order valence-electron chi connectivity index (χ4n) is 2.28. The molecule has 0 bridgehead atoms. The first-order valence-electron chi connectivity index (χ1n) is 8.74. The molecule has 3 N–H and O–H groups in total. The van der Waals surface area contributed by atoms with E-state index in [0.29, 0.717) is 29.0 Å². The average molecular weight is 412 g/mol. The second kappa shape index (κ2) is 14.7. The summed E-state index contributed by atoms with van der Waals surface area (Å²) in [6.07, 6.45) is 4.80. The number of allylic oxidation sites excluding steroid dienone is 6. The van der Waals surface area contributed by atoms with Gasteiger partial charge in [-0.25, -0.2) is 14.2 Å². The number of alkyl halides is 2. The molecule has 4 nitrogen and oxygen atoms in total. The SMILES string of the molecule is C=C/C(C=O)=C\C=C(/CC)N(NC)/C(=C\CC(F)F)c1ccc(Cl)cc1.CN. The summed E-state index contributed by atoms with van der Waals surface area (Å²) >= 11 is 5.93.